The molecule has 0 saturated heterocycles. The van der Waals surface area contributed by atoms with Crippen molar-refractivity contribution in [3.05, 3.63) is 83.2 Å². The third kappa shape index (κ3) is 4.13. The number of thiazole rings is 1. The molecule has 6 rings (SSSR count). The van der Waals surface area contributed by atoms with E-state index in [4.69, 9.17) is 13.9 Å². The van der Waals surface area contributed by atoms with Crippen molar-refractivity contribution in [3.63, 3.8) is 0 Å². The van der Waals surface area contributed by atoms with Crippen LogP contribution in [0.2, 0.25) is 0 Å². The molecule has 35 heavy (non-hydrogen) atoms. The van der Waals surface area contributed by atoms with Crippen molar-refractivity contribution < 1.29 is 13.9 Å². The highest BCUT2D eigenvalue weighted by Gasteiger charge is 2.15. The van der Waals surface area contributed by atoms with Gasteiger partial charge in [0.25, 0.3) is 0 Å². The van der Waals surface area contributed by atoms with Crippen LogP contribution in [0.3, 0.4) is 0 Å². The summed E-state index contributed by atoms with van der Waals surface area (Å²) < 4.78 is 18.0. The Balaban J connectivity index is 1.41. The molecule has 0 fully saturated rings. The van der Waals surface area contributed by atoms with Gasteiger partial charge in [0.05, 0.1) is 39.2 Å². The van der Waals surface area contributed by atoms with E-state index in [1.165, 1.54) is 17.4 Å². The molecule has 0 spiro atoms. The predicted molar refractivity (Wildman–Crippen MR) is 136 cm³/mol. The van der Waals surface area contributed by atoms with Gasteiger partial charge in [-0.05, 0) is 49.4 Å². The molecule has 0 amide bonds. The van der Waals surface area contributed by atoms with Gasteiger partial charge in [0, 0.05) is 0 Å². The van der Waals surface area contributed by atoms with Crippen molar-refractivity contribution in [1.82, 2.24) is 15.0 Å². The Morgan fingerprint density at radius 3 is 2.63 bits per heavy atom. The molecular formula is C26H18N4O4S. The summed E-state index contributed by atoms with van der Waals surface area (Å²) in [5, 5.41) is 5.21. The van der Waals surface area contributed by atoms with E-state index < -0.39 is 5.63 Å². The summed E-state index contributed by atoms with van der Waals surface area (Å²) in [4.78, 5) is 26.0. The normalized spacial score (nSPS) is 11.2. The topological polar surface area (TPSA) is 99.4 Å². The second-order valence-electron chi connectivity index (χ2n) is 7.60. The molecular weight excluding hydrogens is 464 g/mol. The number of nitrogens with zero attached hydrogens (tertiary/aromatic N) is 3. The van der Waals surface area contributed by atoms with Gasteiger partial charge in [0.1, 0.15) is 17.1 Å². The molecule has 0 bridgehead atoms. The lowest BCUT2D eigenvalue weighted by molar-refractivity contribution is 0.341. The van der Waals surface area contributed by atoms with Gasteiger partial charge in [-0.3, -0.25) is 5.32 Å². The molecule has 0 aliphatic carbocycles. The molecule has 0 aliphatic heterocycles. The number of nitrogens with one attached hydrogen (secondary N) is 1. The number of hydrogen-bond donors (Lipinski definition) is 1. The van der Waals surface area contributed by atoms with Crippen LogP contribution in [0, 0.1) is 0 Å². The van der Waals surface area contributed by atoms with Gasteiger partial charge in [0.15, 0.2) is 5.13 Å². The first-order valence-corrected chi connectivity index (χ1v) is 11.8. The highest BCUT2D eigenvalue weighted by molar-refractivity contribution is 7.22. The van der Waals surface area contributed by atoms with Crippen LogP contribution in [0.1, 0.15) is 6.92 Å². The quantitative estimate of drug-likeness (QED) is 0.277. The zero-order chi connectivity index (χ0) is 23.8. The van der Waals surface area contributed by atoms with Crippen LogP contribution in [-0.4, -0.2) is 21.6 Å². The second-order valence-corrected chi connectivity index (χ2v) is 8.63. The SMILES string of the molecule is CCOc1ccc2nc(Nc3nc(Oc4cc(=O)oc5ccccc45)c4ccccc4n3)sc2c1. The van der Waals surface area contributed by atoms with Crippen molar-refractivity contribution in [3.8, 4) is 17.4 Å². The highest BCUT2D eigenvalue weighted by atomic mass is 32.1. The predicted octanol–water partition coefficient (Wildman–Crippen LogP) is 6.28. The van der Waals surface area contributed by atoms with E-state index in [1.54, 1.807) is 12.1 Å². The van der Waals surface area contributed by atoms with Crippen molar-refractivity contribution >= 4 is 54.5 Å². The van der Waals surface area contributed by atoms with E-state index in [0.717, 1.165) is 16.0 Å². The van der Waals surface area contributed by atoms with Crippen LogP contribution in [0.5, 0.6) is 17.4 Å². The van der Waals surface area contributed by atoms with E-state index in [1.807, 2.05) is 61.5 Å². The number of hydrogen-bond acceptors (Lipinski definition) is 9. The van der Waals surface area contributed by atoms with E-state index >= 15 is 0 Å². The Labute approximate surface area is 202 Å². The number of aromatic nitrogens is 3. The van der Waals surface area contributed by atoms with Gasteiger partial charge < -0.3 is 13.9 Å². The lowest BCUT2D eigenvalue weighted by atomic mass is 10.2. The van der Waals surface area contributed by atoms with Crippen LogP contribution in [0.4, 0.5) is 11.1 Å². The Kier molecular flexibility index (Phi) is 5.23. The van der Waals surface area contributed by atoms with Crippen LogP contribution in [0.15, 0.2) is 82.0 Å². The van der Waals surface area contributed by atoms with Crippen molar-refractivity contribution in [2.45, 2.75) is 6.92 Å². The molecule has 3 heterocycles. The summed E-state index contributed by atoms with van der Waals surface area (Å²) in [6, 6.07) is 21.8. The maximum Gasteiger partial charge on any atom is 0.339 e. The number of fused-ring (bicyclic) bond motifs is 3. The molecule has 0 aliphatic rings. The van der Waals surface area contributed by atoms with E-state index in [2.05, 4.69) is 20.3 Å². The van der Waals surface area contributed by atoms with E-state index in [0.29, 0.717) is 51.2 Å². The average Bonchev–Trinajstić information content (AvgIpc) is 3.25. The van der Waals surface area contributed by atoms with Gasteiger partial charge in [-0.1, -0.05) is 35.6 Å². The van der Waals surface area contributed by atoms with Crippen molar-refractivity contribution in [2.75, 3.05) is 11.9 Å². The highest BCUT2D eigenvalue weighted by Crippen LogP contribution is 2.34. The summed E-state index contributed by atoms with van der Waals surface area (Å²) in [6.45, 7) is 2.55. The van der Waals surface area contributed by atoms with Crippen LogP contribution in [-0.2, 0) is 0 Å². The first-order valence-electron chi connectivity index (χ1n) is 10.9. The molecule has 0 radical (unpaired) electrons. The van der Waals surface area contributed by atoms with Crippen molar-refractivity contribution in [2.24, 2.45) is 0 Å². The summed E-state index contributed by atoms with van der Waals surface area (Å²) in [6.07, 6.45) is 0. The Morgan fingerprint density at radius 1 is 0.914 bits per heavy atom. The minimum absolute atomic E-state index is 0.314. The summed E-state index contributed by atoms with van der Waals surface area (Å²) >= 11 is 1.47. The molecule has 0 saturated carbocycles. The van der Waals surface area contributed by atoms with Crippen molar-refractivity contribution in [1.29, 1.82) is 0 Å². The number of para-hydroxylation sites is 2. The molecule has 8 nitrogen and oxygen atoms in total. The fraction of sp³-hybridized carbons (Fsp3) is 0.0769. The Bertz CT molecular complexity index is 1760. The first-order chi connectivity index (χ1) is 17.2. The lowest BCUT2D eigenvalue weighted by Gasteiger charge is -2.11. The van der Waals surface area contributed by atoms with Gasteiger partial charge in [-0.2, -0.15) is 4.98 Å². The van der Waals surface area contributed by atoms with E-state index in [9.17, 15) is 4.79 Å². The lowest BCUT2D eigenvalue weighted by Crippen LogP contribution is -2.02. The maximum atomic E-state index is 12.1. The third-order valence-electron chi connectivity index (χ3n) is 5.28. The minimum Gasteiger partial charge on any atom is -0.494 e. The summed E-state index contributed by atoms with van der Waals surface area (Å²) in [7, 11) is 0. The standard InChI is InChI=1S/C26H18N4O4S/c1-2-32-15-11-12-19-22(13-15)35-26(28-19)30-25-27-18-9-5-3-7-16(18)24(29-25)34-21-14-23(31)33-20-10-6-4-8-17(20)21/h3-14H,2H2,1H3,(H,27,28,29,30). The molecule has 3 aromatic carbocycles. The number of ether oxygens (including phenoxy) is 2. The van der Waals surface area contributed by atoms with Gasteiger partial charge >= 0.3 is 5.63 Å². The number of rotatable bonds is 6. The monoisotopic (exact) mass is 482 g/mol. The number of anilines is 2. The van der Waals surface area contributed by atoms with Crippen LogP contribution >= 0.6 is 11.3 Å². The van der Waals surface area contributed by atoms with Gasteiger partial charge in [-0.25, -0.2) is 14.8 Å². The third-order valence-corrected chi connectivity index (χ3v) is 6.21. The molecule has 6 aromatic rings. The molecule has 0 unspecified atom stereocenters. The fourth-order valence-corrected chi connectivity index (χ4v) is 4.65. The van der Waals surface area contributed by atoms with Crippen LogP contribution in [0.25, 0.3) is 32.1 Å². The molecule has 9 heteroatoms. The Hall–Kier alpha value is -4.50. The number of benzene rings is 3. The van der Waals surface area contributed by atoms with Gasteiger partial charge in [-0.15, -0.1) is 0 Å². The minimum atomic E-state index is -0.503. The average molecular weight is 483 g/mol. The van der Waals surface area contributed by atoms with Crippen LogP contribution < -0.4 is 20.4 Å². The summed E-state index contributed by atoms with van der Waals surface area (Å²) in [5.41, 5.74) is 1.47. The van der Waals surface area contributed by atoms with Gasteiger partial charge in [0.2, 0.25) is 11.8 Å². The van der Waals surface area contributed by atoms with E-state index in [-0.39, 0.29) is 0 Å². The smallest absolute Gasteiger partial charge is 0.339 e. The zero-order valence-corrected chi connectivity index (χ0v) is 19.3. The molecule has 1 N–H and O–H groups in total. The largest absolute Gasteiger partial charge is 0.494 e. The zero-order valence-electron chi connectivity index (χ0n) is 18.5. The molecule has 0 atom stereocenters. The molecule has 3 aromatic heterocycles. The Morgan fingerprint density at radius 2 is 1.74 bits per heavy atom. The second kappa shape index (κ2) is 8.69. The first kappa shape index (κ1) is 21.1. The summed E-state index contributed by atoms with van der Waals surface area (Å²) in [5.74, 6) is 1.80. The molecule has 172 valence electrons. The fourth-order valence-electron chi connectivity index (χ4n) is 3.76. The maximum absolute atomic E-state index is 12.1.